The molecule has 0 saturated carbocycles. The number of carbonyl (C=O) groups excluding carboxylic acids is 2. The molecule has 11 nitrogen and oxygen atoms in total. The molecule has 0 radical (unpaired) electrons. The number of anilines is 1. The highest BCUT2D eigenvalue weighted by molar-refractivity contribution is 7.90. The molecule has 0 N–H and O–H groups in total. The molecule has 4 aromatic rings. The largest absolute Gasteiger partial charge is 0.338 e. The summed E-state index contributed by atoms with van der Waals surface area (Å²) in [4.78, 5) is 42.7. The maximum absolute atomic E-state index is 14.0. The normalized spacial score (nSPS) is 20.8. The summed E-state index contributed by atoms with van der Waals surface area (Å²) in [5, 5.41) is 4.37. The number of aliphatic imine (C=N–C) groups is 1. The van der Waals surface area contributed by atoms with Crippen molar-refractivity contribution in [3.05, 3.63) is 101 Å². The van der Waals surface area contributed by atoms with Gasteiger partial charge in [0.1, 0.15) is 6.33 Å². The Morgan fingerprint density at radius 2 is 1.66 bits per heavy atom. The highest BCUT2D eigenvalue weighted by Crippen LogP contribution is 2.43. The van der Waals surface area contributed by atoms with Gasteiger partial charge in [0, 0.05) is 61.9 Å². The quantitative estimate of drug-likeness (QED) is 0.288. The first-order valence-electron chi connectivity index (χ1n) is 17.0. The minimum atomic E-state index is -3.29. The third-order valence-corrected chi connectivity index (χ3v) is 11.7. The molecule has 3 aromatic carbocycles. The summed E-state index contributed by atoms with van der Waals surface area (Å²) >= 11 is 0. The molecule has 1 spiro atoms. The monoisotopic (exact) mass is 689 g/mol. The molecule has 2 saturated heterocycles. The van der Waals surface area contributed by atoms with E-state index in [1.807, 2.05) is 47.2 Å². The van der Waals surface area contributed by atoms with Gasteiger partial charge in [-0.15, -0.1) is 0 Å². The van der Waals surface area contributed by atoms with Crippen LogP contribution in [0.25, 0.3) is 17.0 Å². The van der Waals surface area contributed by atoms with Crippen LogP contribution in [-0.2, 0) is 33.0 Å². The first kappa shape index (κ1) is 32.3. The highest BCUT2D eigenvalue weighted by Gasteiger charge is 2.51. The fourth-order valence-corrected chi connectivity index (χ4v) is 8.37. The van der Waals surface area contributed by atoms with Crippen LogP contribution in [0.4, 0.5) is 5.69 Å². The van der Waals surface area contributed by atoms with Gasteiger partial charge in [-0.1, -0.05) is 48.5 Å². The molecule has 256 valence electrons. The van der Waals surface area contributed by atoms with Crippen LogP contribution in [0.5, 0.6) is 0 Å². The van der Waals surface area contributed by atoms with Crippen molar-refractivity contribution >= 4 is 38.6 Å². The van der Waals surface area contributed by atoms with Crippen LogP contribution >= 0.6 is 0 Å². The fourth-order valence-electron chi connectivity index (χ4n) is 7.74. The van der Waals surface area contributed by atoms with Gasteiger partial charge in [-0.3, -0.25) is 24.2 Å². The lowest BCUT2D eigenvalue weighted by atomic mass is 9.85. The van der Waals surface area contributed by atoms with E-state index < -0.39 is 15.3 Å². The zero-order chi connectivity index (χ0) is 34.6. The minimum absolute atomic E-state index is 0.103. The van der Waals surface area contributed by atoms with E-state index in [4.69, 9.17) is 4.99 Å². The van der Waals surface area contributed by atoms with Crippen LogP contribution in [0.1, 0.15) is 41.5 Å². The molecular formula is C38H39N7O4S. The SMILES string of the molecule is Cn1cnc(-c2ccc(C3=CCN(C(=O)CN4CC[C@]5(CCN(c6ccc7c(c6)C(c6ccc(S(C)(=O)=O)cc6)=NC7)C5=O)C4)CC3)cc2)n1. The maximum atomic E-state index is 14.0. The van der Waals surface area contributed by atoms with Gasteiger partial charge >= 0.3 is 0 Å². The van der Waals surface area contributed by atoms with Gasteiger partial charge in [-0.05, 0) is 66.8 Å². The fraction of sp³-hybridized carbons (Fsp3) is 0.342. The van der Waals surface area contributed by atoms with Crippen molar-refractivity contribution in [1.82, 2.24) is 24.6 Å². The van der Waals surface area contributed by atoms with Gasteiger partial charge in [0.15, 0.2) is 15.7 Å². The second kappa shape index (κ2) is 12.4. The number of aromatic nitrogens is 3. The molecule has 2 fully saturated rings. The predicted molar refractivity (Wildman–Crippen MR) is 191 cm³/mol. The molecular weight excluding hydrogens is 651 g/mol. The molecule has 8 rings (SSSR count). The number of fused-ring (bicyclic) bond motifs is 1. The van der Waals surface area contributed by atoms with E-state index >= 15 is 0 Å². The van der Waals surface area contributed by atoms with Crippen LogP contribution in [0.15, 0.2) is 89.0 Å². The molecule has 12 heteroatoms. The molecule has 0 bridgehead atoms. The lowest BCUT2D eigenvalue weighted by molar-refractivity contribution is -0.132. The van der Waals surface area contributed by atoms with Gasteiger partial charge in [-0.25, -0.2) is 13.4 Å². The minimum Gasteiger partial charge on any atom is -0.338 e. The lowest BCUT2D eigenvalue weighted by Crippen LogP contribution is -2.43. The summed E-state index contributed by atoms with van der Waals surface area (Å²) in [5.74, 6) is 0.928. The number of amides is 2. The molecule has 50 heavy (non-hydrogen) atoms. The summed E-state index contributed by atoms with van der Waals surface area (Å²) in [6, 6.07) is 21.2. The lowest BCUT2D eigenvalue weighted by Gasteiger charge is -2.29. The van der Waals surface area contributed by atoms with E-state index in [0.29, 0.717) is 45.1 Å². The summed E-state index contributed by atoms with van der Waals surface area (Å²) in [6.45, 7) is 4.06. The maximum Gasteiger partial charge on any atom is 0.237 e. The van der Waals surface area contributed by atoms with Crippen molar-refractivity contribution < 1.29 is 18.0 Å². The summed E-state index contributed by atoms with van der Waals surface area (Å²) < 4.78 is 25.6. The number of hydrogen-bond donors (Lipinski definition) is 0. The Morgan fingerprint density at radius 1 is 0.920 bits per heavy atom. The van der Waals surface area contributed by atoms with Crippen molar-refractivity contribution in [1.29, 1.82) is 0 Å². The second-order valence-electron chi connectivity index (χ2n) is 13.9. The topological polar surface area (TPSA) is 121 Å². The Morgan fingerprint density at radius 3 is 2.36 bits per heavy atom. The van der Waals surface area contributed by atoms with Crippen molar-refractivity contribution in [3.63, 3.8) is 0 Å². The summed E-state index contributed by atoms with van der Waals surface area (Å²) in [6.07, 6.45) is 7.33. The number of aryl methyl sites for hydroxylation is 1. The van der Waals surface area contributed by atoms with Gasteiger partial charge in [0.25, 0.3) is 0 Å². The third-order valence-electron chi connectivity index (χ3n) is 10.6. The van der Waals surface area contributed by atoms with E-state index in [1.54, 1.807) is 35.3 Å². The van der Waals surface area contributed by atoms with Crippen LogP contribution in [0.3, 0.4) is 0 Å². The number of likely N-dealkylation sites (tertiary alicyclic amines) is 1. The Hall–Kier alpha value is -4.94. The predicted octanol–water partition coefficient (Wildman–Crippen LogP) is 3.98. The molecule has 2 amide bonds. The molecule has 1 atom stereocenters. The number of hydrogen-bond acceptors (Lipinski definition) is 8. The summed E-state index contributed by atoms with van der Waals surface area (Å²) in [5.41, 5.74) is 7.44. The Bertz CT molecular complexity index is 2170. The summed E-state index contributed by atoms with van der Waals surface area (Å²) in [7, 11) is -1.44. The molecule has 0 unspecified atom stereocenters. The van der Waals surface area contributed by atoms with Crippen molar-refractivity contribution in [2.75, 3.05) is 50.4 Å². The van der Waals surface area contributed by atoms with Crippen LogP contribution in [0, 0.1) is 5.41 Å². The zero-order valence-electron chi connectivity index (χ0n) is 28.2. The number of nitrogens with zero attached hydrogens (tertiary/aromatic N) is 7. The van der Waals surface area contributed by atoms with Crippen molar-refractivity contribution in [3.8, 4) is 11.4 Å². The van der Waals surface area contributed by atoms with Gasteiger partial charge in [0.2, 0.25) is 11.8 Å². The number of benzene rings is 3. The molecule has 4 aliphatic rings. The highest BCUT2D eigenvalue weighted by atomic mass is 32.2. The van der Waals surface area contributed by atoms with Gasteiger partial charge in [0.05, 0.1) is 29.1 Å². The van der Waals surface area contributed by atoms with Gasteiger partial charge in [-0.2, -0.15) is 5.10 Å². The standard InChI is InChI=1S/C38H39N7O4S/c1-42-25-40-36(41-42)29-5-3-26(4-6-29)27-13-17-44(18-14-27)34(46)23-43-19-15-38(24-43)16-20-45(37(38)47)31-10-7-30-22-39-35(33(30)21-31)28-8-11-32(12-9-28)50(2,48)49/h3-13,21,25H,14-20,22-24H2,1-2H3/t38-/m0/s1. The molecule has 1 aromatic heterocycles. The van der Waals surface area contributed by atoms with E-state index in [0.717, 1.165) is 65.0 Å². The van der Waals surface area contributed by atoms with E-state index in [-0.39, 0.29) is 16.7 Å². The van der Waals surface area contributed by atoms with E-state index in [9.17, 15) is 18.0 Å². The Labute approximate surface area is 291 Å². The number of carbonyl (C=O) groups is 2. The average molecular weight is 690 g/mol. The first-order valence-corrected chi connectivity index (χ1v) is 18.9. The first-order chi connectivity index (χ1) is 24.1. The van der Waals surface area contributed by atoms with Gasteiger partial charge < -0.3 is 9.80 Å². The number of sulfone groups is 1. The molecule has 0 aliphatic carbocycles. The zero-order valence-corrected chi connectivity index (χ0v) is 29.1. The second-order valence-corrected chi connectivity index (χ2v) is 15.9. The smallest absolute Gasteiger partial charge is 0.237 e. The number of rotatable bonds is 7. The third kappa shape index (κ3) is 5.96. The Kier molecular flexibility index (Phi) is 8.03. The molecule has 5 heterocycles. The van der Waals surface area contributed by atoms with Crippen molar-refractivity contribution in [2.45, 2.75) is 30.7 Å². The van der Waals surface area contributed by atoms with E-state index in [2.05, 4.69) is 33.2 Å². The van der Waals surface area contributed by atoms with Crippen LogP contribution in [-0.4, -0.2) is 96.0 Å². The van der Waals surface area contributed by atoms with Crippen LogP contribution in [0.2, 0.25) is 0 Å². The van der Waals surface area contributed by atoms with Crippen molar-refractivity contribution in [2.24, 2.45) is 17.5 Å². The van der Waals surface area contributed by atoms with E-state index in [1.165, 1.54) is 11.8 Å². The Balaban J connectivity index is 0.885. The van der Waals surface area contributed by atoms with Crippen LogP contribution < -0.4 is 4.90 Å². The average Bonchev–Trinajstić information content (AvgIpc) is 3.92. The molecule has 4 aliphatic heterocycles.